The van der Waals surface area contributed by atoms with E-state index in [1.165, 1.54) is 11.3 Å². The van der Waals surface area contributed by atoms with Crippen LogP contribution in [0.25, 0.3) is 0 Å². The molecule has 0 atom stereocenters. The molecule has 2 rings (SSSR count). The lowest BCUT2D eigenvalue weighted by atomic mass is 10.1. The van der Waals surface area contributed by atoms with Crippen LogP contribution in [-0.2, 0) is 6.42 Å². The molecule has 106 valence electrons. The van der Waals surface area contributed by atoms with Crippen molar-refractivity contribution in [1.82, 2.24) is 9.97 Å². The predicted octanol–water partition coefficient (Wildman–Crippen LogP) is 2.30. The number of anilines is 1. The van der Waals surface area contributed by atoms with Gasteiger partial charge in [0.15, 0.2) is 0 Å². The molecule has 4 nitrogen and oxygen atoms in total. The van der Waals surface area contributed by atoms with Crippen molar-refractivity contribution in [2.75, 3.05) is 24.6 Å². The van der Waals surface area contributed by atoms with Crippen molar-refractivity contribution < 1.29 is 5.11 Å². The number of hydrogen-bond acceptors (Lipinski definition) is 4. The molecule has 0 bridgehead atoms. The van der Waals surface area contributed by atoms with Crippen LogP contribution in [0, 0.1) is 0 Å². The maximum absolute atomic E-state index is 9.02. The molecule has 1 N–H and O–H groups in total. The van der Waals surface area contributed by atoms with Crippen LogP contribution in [0.4, 0.5) is 5.69 Å². The number of rotatable bonds is 8. The summed E-state index contributed by atoms with van der Waals surface area (Å²) >= 11 is 0. The monoisotopic (exact) mass is 271 g/mol. The largest absolute Gasteiger partial charge is 0.396 e. The zero-order chi connectivity index (χ0) is 14.0. The van der Waals surface area contributed by atoms with Crippen molar-refractivity contribution in [3.63, 3.8) is 0 Å². The molecule has 2 aromatic heterocycles. The number of aromatic nitrogens is 2. The Morgan fingerprint density at radius 2 is 1.75 bits per heavy atom. The number of hydrogen-bond donors (Lipinski definition) is 1. The maximum Gasteiger partial charge on any atom is 0.0447 e. The summed E-state index contributed by atoms with van der Waals surface area (Å²) in [6.45, 7) is 2.07. The summed E-state index contributed by atoms with van der Waals surface area (Å²) in [6.07, 6.45) is 10.2. The minimum absolute atomic E-state index is 0.226. The molecule has 0 aliphatic heterocycles. The first-order valence-corrected chi connectivity index (χ1v) is 7.05. The van der Waals surface area contributed by atoms with Gasteiger partial charge in [-0.2, -0.15) is 0 Å². The van der Waals surface area contributed by atoms with E-state index < -0.39 is 0 Å². The van der Waals surface area contributed by atoms with Crippen LogP contribution in [0.5, 0.6) is 0 Å². The number of aliphatic hydroxyl groups excluding tert-OH is 1. The van der Waals surface area contributed by atoms with Crippen LogP contribution < -0.4 is 4.90 Å². The normalized spacial score (nSPS) is 10.4. The molecule has 0 aliphatic carbocycles. The highest BCUT2D eigenvalue weighted by atomic mass is 16.3. The van der Waals surface area contributed by atoms with E-state index in [0.717, 1.165) is 32.4 Å². The summed E-state index contributed by atoms with van der Waals surface area (Å²) < 4.78 is 0. The average Bonchev–Trinajstić information content (AvgIpc) is 2.52. The third kappa shape index (κ3) is 4.63. The molecule has 0 fully saturated rings. The van der Waals surface area contributed by atoms with E-state index in [2.05, 4.69) is 20.9 Å². The molecule has 20 heavy (non-hydrogen) atoms. The van der Waals surface area contributed by atoms with Crippen molar-refractivity contribution in [2.24, 2.45) is 0 Å². The number of nitrogens with zero attached hydrogens (tertiary/aromatic N) is 3. The average molecular weight is 271 g/mol. The molecule has 2 aromatic rings. The van der Waals surface area contributed by atoms with Gasteiger partial charge in [-0.1, -0.05) is 6.07 Å². The molecule has 0 saturated carbocycles. The Labute approximate surface area is 120 Å². The molecular formula is C16H21N3O. The van der Waals surface area contributed by atoms with Gasteiger partial charge in [-0.15, -0.1) is 0 Å². The molecule has 0 aromatic carbocycles. The molecular weight excluding hydrogens is 250 g/mol. The summed E-state index contributed by atoms with van der Waals surface area (Å²) in [6, 6.07) is 8.11. The van der Waals surface area contributed by atoms with Crippen molar-refractivity contribution in [3.05, 3.63) is 54.6 Å². The minimum Gasteiger partial charge on any atom is -0.396 e. The lowest BCUT2D eigenvalue weighted by molar-refractivity contribution is 0.289. The molecule has 0 unspecified atom stereocenters. The van der Waals surface area contributed by atoms with E-state index in [-0.39, 0.29) is 6.61 Å². The zero-order valence-corrected chi connectivity index (χ0v) is 11.7. The van der Waals surface area contributed by atoms with E-state index in [1.54, 1.807) is 6.20 Å². The Hall–Kier alpha value is -1.94. The lowest BCUT2D eigenvalue weighted by Gasteiger charge is -2.24. The third-order valence-electron chi connectivity index (χ3n) is 3.23. The number of pyridine rings is 2. The highest BCUT2D eigenvalue weighted by molar-refractivity contribution is 5.44. The van der Waals surface area contributed by atoms with Gasteiger partial charge in [0.25, 0.3) is 0 Å². The van der Waals surface area contributed by atoms with E-state index in [1.807, 2.05) is 36.8 Å². The fourth-order valence-corrected chi connectivity index (χ4v) is 2.21. The molecule has 0 amide bonds. The maximum atomic E-state index is 9.02. The summed E-state index contributed by atoms with van der Waals surface area (Å²) in [4.78, 5) is 10.5. The smallest absolute Gasteiger partial charge is 0.0447 e. The van der Waals surface area contributed by atoms with Crippen molar-refractivity contribution in [3.8, 4) is 0 Å². The molecule has 0 aliphatic rings. The predicted molar refractivity (Wildman–Crippen MR) is 80.7 cm³/mol. The second-order valence-corrected chi connectivity index (χ2v) is 4.73. The second kappa shape index (κ2) is 8.27. The first-order valence-electron chi connectivity index (χ1n) is 7.05. The quantitative estimate of drug-likeness (QED) is 0.800. The summed E-state index contributed by atoms with van der Waals surface area (Å²) in [7, 11) is 0. The second-order valence-electron chi connectivity index (χ2n) is 4.73. The van der Waals surface area contributed by atoms with Gasteiger partial charge in [-0.3, -0.25) is 9.97 Å². The van der Waals surface area contributed by atoms with E-state index >= 15 is 0 Å². The fraction of sp³-hybridized carbons (Fsp3) is 0.375. The standard InChI is InChI=1S/C16H21N3O/c20-13-3-12-19(16-6-9-17-10-7-16)11-2-5-15-4-1-8-18-14-15/h1,4,6-10,14,20H,2-3,5,11-13H2. The number of aryl methyl sites for hydroxylation is 1. The first-order chi connectivity index (χ1) is 9.90. The van der Waals surface area contributed by atoms with Gasteiger partial charge in [0.1, 0.15) is 0 Å². The molecule has 4 heteroatoms. The van der Waals surface area contributed by atoms with Crippen LogP contribution in [-0.4, -0.2) is 34.8 Å². The Morgan fingerprint density at radius 3 is 2.45 bits per heavy atom. The van der Waals surface area contributed by atoms with Gasteiger partial charge in [-0.25, -0.2) is 0 Å². The van der Waals surface area contributed by atoms with E-state index in [0.29, 0.717) is 0 Å². The van der Waals surface area contributed by atoms with Gasteiger partial charge in [0, 0.05) is 50.2 Å². The highest BCUT2D eigenvalue weighted by Crippen LogP contribution is 2.14. The van der Waals surface area contributed by atoms with Gasteiger partial charge >= 0.3 is 0 Å². The Morgan fingerprint density at radius 1 is 0.950 bits per heavy atom. The van der Waals surface area contributed by atoms with E-state index in [4.69, 9.17) is 5.11 Å². The van der Waals surface area contributed by atoms with Crippen molar-refractivity contribution in [1.29, 1.82) is 0 Å². The zero-order valence-electron chi connectivity index (χ0n) is 11.7. The summed E-state index contributed by atoms with van der Waals surface area (Å²) in [5.41, 5.74) is 2.43. The van der Waals surface area contributed by atoms with Gasteiger partial charge < -0.3 is 10.0 Å². The molecule has 0 spiro atoms. The highest BCUT2D eigenvalue weighted by Gasteiger charge is 2.05. The Balaban J connectivity index is 1.88. The van der Waals surface area contributed by atoms with Gasteiger partial charge in [-0.05, 0) is 43.0 Å². The molecule has 0 saturated heterocycles. The summed E-state index contributed by atoms with van der Waals surface area (Å²) in [5, 5.41) is 9.02. The molecule has 2 heterocycles. The third-order valence-corrected chi connectivity index (χ3v) is 3.23. The Bertz CT molecular complexity index is 476. The SMILES string of the molecule is OCCCN(CCCc1cccnc1)c1ccncc1. The van der Waals surface area contributed by atoms with Crippen molar-refractivity contribution in [2.45, 2.75) is 19.3 Å². The molecule has 0 radical (unpaired) electrons. The van der Waals surface area contributed by atoms with Crippen LogP contribution in [0.2, 0.25) is 0 Å². The van der Waals surface area contributed by atoms with Crippen LogP contribution in [0.15, 0.2) is 49.1 Å². The van der Waals surface area contributed by atoms with E-state index in [9.17, 15) is 0 Å². The van der Waals surface area contributed by atoms with Crippen molar-refractivity contribution >= 4 is 5.69 Å². The van der Waals surface area contributed by atoms with Crippen LogP contribution >= 0.6 is 0 Å². The Kier molecular flexibility index (Phi) is 5.99. The fourth-order valence-electron chi connectivity index (χ4n) is 2.21. The topological polar surface area (TPSA) is 49.2 Å². The minimum atomic E-state index is 0.226. The van der Waals surface area contributed by atoms with Gasteiger partial charge in [0.2, 0.25) is 0 Å². The van der Waals surface area contributed by atoms with Crippen LogP contribution in [0.1, 0.15) is 18.4 Å². The van der Waals surface area contributed by atoms with Crippen LogP contribution in [0.3, 0.4) is 0 Å². The van der Waals surface area contributed by atoms with Gasteiger partial charge in [0.05, 0.1) is 0 Å². The number of aliphatic hydroxyl groups is 1. The summed E-state index contributed by atoms with van der Waals surface area (Å²) in [5.74, 6) is 0. The lowest BCUT2D eigenvalue weighted by Crippen LogP contribution is -2.26. The first kappa shape index (κ1) is 14.5.